The first kappa shape index (κ1) is 10.8. The van der Waals surface area contributed by atoms with E-state index in [2.05, 4.69) is 6.92 Å². The molecule has 11 heavy (non-hydrogen) atoms. The largest absolute Gasteiger partial charge is 0.299 e. The highest BCUT2D eigenvalue weighted by atomic mass is 32.2. The van der Waals surface area contributed by atoms with E-state index in [-0.39, 0.29) is 11.0 Å². The summed E-state index contributed by atoms with van der Waals surface area (Å²) in [5.74, 6) is 0.0549. The van der Waals surface area contributed by atoms with Gasteiger partial charge in [0.2, 0.25) is 0 Å². The van der Waals surface area contributed by atoms with Crippen LogP contribution >= 0.6 is 0 Å². The van der Waals surface area contributed by atoms with Crippen molar-refractivity contribution in [1.82, 2.24) is 0 Å². The van der Waals surface area contributed by atoms with Crippen LogP contribution in [-0.2, 0) is 15.6 Å². The smallest absolute Gasteiger partial charge is 0.145 e. The second-order valence-electron chi connectivity index (χ2n) is 2.74. The maximum atomic E-state index is 11.0. The molecule has 0 fully saturated rings. The summed E-state index contributed by atoms with van der Waals surface area (Å²) in [5.41, 5.74) is 0. The second-order valence-corrected chi connectivity index (χ2v) is 4.31. The van der Waals surface area contributed by atoms with E-state index >= 15 is 0 Å². The number of carbonyl (C=O) groups excluding carboxylic acids is 1. The van der Waals surface area contributed by atoms with Gasteiger partial charge in [0.15, 0.2) is 0 Å². The molecule has 0 saturated carbocycles. The second kappa shape index (κ2) is 5.47. The van der Waals surface area contributed by atoms with Gasteiger partial charge in [0.25, 0.3) is 0 Å². The third kappa shape index (κ3) is 4.30. The van der Waals surface area contributed by atoms with Gasteiger partial charge in [-0.15, -0.1) is 0 Å². The molecule has 2 atom stereocenters. The molecule has 0 aliphatic carbocycles. The van der Waals surface area contributed by atoms with Crippen LogP contribution in [0.25, 0.3) is 0 Å². The van der Waals surface area contributed by atoms with Gasteiger partial charge in [-0.2, -0.15) is 0 Å². The van der Waals surface area contributed by atoms with Gasteiger partial charge in [-0.3, -0.25) is 9.00 Å². The quantitative estimate of drug-likeness (QED) is 0.636. The predicted octanol–water partition coefficient (Wildman–Crippen LogP) is 1.51. The third-order valence-corrected chi connectivity index (χ3v) is 3.04. The molecule has 66 valence electrons. The zero-order valence-corrected chi connectivity index (χ0v) is 8.24. The van der Waals surface area contributed by atoms with Gasteiger partial charge >= 0.3 is 0 Å². The van der Waals surface area contributed by atoms with E-state index in [4.69, 9.17) is 0 Å². The first-order chi connectivity index (χ1) is 5.09. The maximum absolute atomic E-state index is 11.0. The summed E-state index contributed by atoms with van der Waals surface area (Å²) < 4.78 is 11.0. The SMILES string of the molecule is CCCCC(C(C)=O)S(C)=O. The molecule has 3 heteroatoms. The van der Waals surface area contributed by atoms with Gasteiger partial charge in [0.05, 0.1) is 5.25 Å². The van der Waals surface area contributed by atoms with Crippen LogP contribution in [0.4, 0.5) is 0 Å². The Bertz CT molecular complexity index is 140. The lowest BCUT2D eigenvalue weighted by atomic mass is 10.1. The van der Waals surface area contributed by atoms with Gasteiger partial charge in [-0.25, -0.2) is 0 Å². The van der Waals surface area contributed by atoms with Crippen LogP contribution < -0.4 is 0 Å². The summed E-state index contributed by atoms with van der Waals surface area (Å²) in [6.45, 7) is 3.58. The van der Waals surface area contributed by atoms with E-state index < -0.39 is 10.8 Å². The van der Waals surface area contributed by atoms with E-state index in [1.54, 1.807) is 6.26 Å². The highest BCUT2D eigenvalue weighted by Crippen LogP contribution is 2.06. The van der Waals surface area contributed by atoms with Gasteiger partial charge in [0, 0.05) is 17.1 Å². The lowest BCUT2D eigenvalue weighted by Gasteiger charge is -2.08. The Kier molecular flexibility index (Phi) is 5.38. The molecule has 0 spiro atoms. The van der Waals surface area contributed by atoms with Crippen LogP contribution in [-0.4, -0.2) is 21.5 Å². The summed E-state index contributed by atoms with van der Waals surface area (Å²) >= 11 is 0. The normalized spacial score (nSPS) is 15.9. The van der Waals surface area contributed by atoms with Crippen LogP contribution in [0.1, 0.15) is 33.1 Å². The average Bonchev–Trinajstić information content (AvgIpc) is 1.87. The molecule has 0 aromatic heterocycles. The van der Waals surface area contributed by atoms with Crippen LogP contribution in [0.3, 0.4) is 0 Å². The summed E-state index contributed by atoms with van der Waals surface area (Å²) in [6.07, 6.45) is 4.42. The van der Waals surface area contributed by atoms with Crippen molar-refractivity contribution in [3.8, 4) is 0 Å². The molecule has 0 N–H and O–H groups in total. The molecule has 0 rings (SSSR count). The van der Waals surface area contributed by atoms with Crippen LogP contribution in [0.15, 0.2) is 0 Å². The van der Waals surface area contributed by atoms with E-state index in [0.29, 0.717) is 0 Å². The topological polar surface area (TPSA) is 34.1 Å². The summed E-state index contributed by atoms with van der Waals surface area (Å²) in [4.78, 5) is 10.9. The van der Waals surface area contributed by atoms with Crippen molar-refractivity contribution in [1.29, 1.82) is 0 Å². The lowest BCUT2D eigenvalue weighted by Crippen LogP contribution is -2.22. The summed E-state index contributed by atoms with van der Waals surface area (Å²) in [5, 5.41) is -0.227. The van der Waals surface area contributed by atoms with Crippen LogP contribution in [0.2, 0.25) is 0 Å². The molecule has 0 aliphatic rings. The van der Waals surface area contributed by atoms with Crippen molar-refractivity contribution in [3.05, 3.63) is 0 Å². The molecule has 2 nitrogen and oxygen atoms in total. The molecular formula is C8H16O2S. The summed E-state index contributed by atoms with van der Waals surface area (Å²) in [7, 11) is -0.984. The highest BCUT2D eigenvalue weighted by molar-refractivity contribution is 7.85. The van der Waals surface area contributed by atoms with Crippen LogP contribution in [0.5, 0.6) is 0 Å². The number of carbonyl (C=O) groups is 1. The number of unbranched alkanes of at least 4 members (excludes halogenated alkanes) is 1. The Morgan fingerprint density at radius 2 is 2.09 bits per heavy atom. The Hall–Kier alpha value is -0.180. The zero-order valence-electron chi connectivity index (χ0n) is 7.42. The molecule has 0 heterocycles. The van der Waals surface area contributed by atoms with Crippen molar-refractivity contribution in [2.45, 2.75) is 38.4 Å². The molecule has 0 aromatic rings. The van der Waals surface area contributed by atoms with Gasteiger partial charge in [0.1, 0.15) is 5.78 Å². The monoisotopic (exact) mass is 176 g/mol. The predicted molar refractivity (Wildman–Crippen MR) is 48.1 cm³/mol. The van der Waals surface area contributed by atoms with E-state index in [1.165, 1.54) is 6.92 Å². The van der Waals surface area contributed by atoms with Gasteiger partial charge < -0.3 is 0 Å². The van der Waals surface area contributed by atoms with Crippen molar-refractivity contribution < 1.29 is 9.00 Å². The number of hydrogen-bond donors (Lipinski definition) is 0. The van der Waals surface area contributed by atoms with Crippen molar-refractivity contribution >= 4 is 16.6 Å². The maximum Gasteiger partial charge on any atom is 0.145 e. The fraction of sp³-hybridized carbons (Fsp3) is 0.875. The number of rotatable bonds is 5. The van der Waals surface area contributed by atoms with Gasteiger partial charge in [-0.05, 0) is 13.3 Å². The Labute approximate surface area is 70.8 Å². The van der Waals surface area contributed by atoms with Crippen molar-refractivity contribution in [2.24, 2.45) is 0 Å². The summed E-state index contributed by atoms with van der Waals surface area (Å²) in [6, 6.07) is 0. The average molecular weight is 176 g/mol. The zero-order chi connectivity index (χ0) is 8.85. The first-order valence-electron chi connectivity index (χ1n) is 3.92. The van der Waals surface area contributed by atoms with Crippen molar-refractivity contribution in [3.63, 3.8) is 0 Å². The fourth-order valence-corrected chi connectivity index (χ4v) is 1.96. The lowest BCUT2D eigenvalue weighted by molar-refractivity contribution is -0.116. The minimum atomic E-state index is -0.984. The van der Waals surface area contributed by atoms with Gasteiger partial charge in [-0.1, -0.05) is 19.8 Å². The Morgan fingerprint density at radius 1 is 1.55 bits per heavy atom. The van der Waals surface area contributed by atoms with Crippen LogP contribution in [0, 0.1) is 0 Å². The Morgan fingerprint density at radius 3 is 2.36 bits per heavy atom. The molecule has 0 radical (unpaired) electrons. The van der Waals surface area contributed by atoms with E-state index in [0.717, 1.165) is 19.3 Å². The van der Waals surface area contributed by atoms with E-state index in [9.17, 15) is 9.00 Å². The molecular weight excluding hydrogens is 160 g/mol. The standard InChI is InChI=1S/C8H16O2S/c1-4-5-6-8(7(2)9)11(3)10/h8H,4-6H2,1-3H3. The molecule has 0 amide bonds. The first-order valence-corrected chi connectivity index (χ1v) is 5.54. The number of Topliss-reactive ketones (excluding diaryl/α,β-unsaturated/α-hetero) is 1. The highest BCUT2D eigenvalue weighted by Gasteiger charge is 2.16. The Balaban J connectivity index is 3.90. The number of ketones is 1. The fourth-order valence-electron chi connectivity index (χ4n) is 0.992. The van der Waals surface area contributed by atoms with Crippen molar-refractivity contribution in [2.75, 3.05) is 6.26 Å². The minimum Gasteiger partial charge on any atom is -0.299 e. The molecule has 0 saturated heterocycles. The molecule has 0 aliphatic heterocycles. The molecule has 2 unspecified atom stereocenters. The third-order valence-electron chi connectivity index (χ3n) is 1.67. The number of hydrogen-bond acceptors (Lipinski definition) is 2. The minimum absolute atomic E-state index is 0.0549. The molecule has 0 bridgehead atoms. The van der Waals surface area contributed by atoms with E-state index in [1.807, 2.05) is 0 Å². The molecule has 0 aromatic carbocycles.